The lowest BCUT2D eigenvalue weighted by atomic mass is 10.0. The Morgan fingerprint density at radius 3 is 2.65 bits per heavy atom. The Labute approximate surface area is 104 Å². The summed E-state index contributed by atoms with van der Waals surface area (Å²) in [4.78, 5) is 0. The minimum Gasteiger partial charge on any atom is -0.383 e. The molecule has 98 valence electrons. The smallest absolute Gasteiger partial charge is 0.0694 e. The fourth-order valence-corrected chi connectivity index (χ4v) is 1.92. The average Bonchev–Trinajstić information content (AvgIpc) is 2.57. The lowest BCUT2D eigenvalue weighted by Gasteiger charge is -2.25. The zero-order chi connectivity index (χ0) is 13.1. The normalized spacial score (nSPS) is 12.4. The van der Waals surface area contributed by atoms with Crippen molar-refractivity contribution in [3.05, 3.63) is 17.5 Å². The minimum atomic E-state index is -0.0150. The van der Waals surface area contributed by atoms with Crippen molar-refractivity contribution in [3.8, 4) is 0 Å². The zero-order valence-corrected chi connectivity index (χ0v) is 11.9. The van der Waals surface area contributed by atoms with Crippen molar-refractivity contribution in [1.82, 2.24) is 15.1 Å². The van der Waals surface area contributed by atoms with Crippen LogP contribution in [0.3, 0.4) is 0 Å². The molecule has 1 aromatic rings. The molecule has 0 aliphatic rings. The van der Waals surface area contributed by atoms with Crippen molar-refractivity contribution in [2.24, 2.45) is 7.05 Å². The second-order valence-corrected chi connectivity index (χ2v) is 5.54. The standard InChI is InChI=1S/C13H25N3O/c1-10(2)12-11(8-16(5)15-12)7-14-13(3,4)9-17-6/h8,10,14H,7,9H2,1-6H3. The Kier molecular flexibility index (Phi) is 4.71. The van der Waals surface area contributed by atoms with Gasteiger partial charge in [-0.2, -0.15) is 5.10 Å². The van der Waals surface area contributed by atoms with Gasteiger partial charge in [0.05, 0.1) is 12.3 Å². The molecule has 0 saturated carbocycles. The van der Waals surface area contributed by atoms with Crippen LogP contribution in [0.4, 0.5) is 0 Å². The Bertz CT molecular complexity index is 356. The van der Waals surface area contributed by atoms with Gasteiger partial charge in [-0.05, 0) is 19.8 Å². The van der Waals surface area contributed by atoms with Crippen LogP contribution in [0.25, 0.3) is 0 Å². The highest BCUT2D eigenvalue weighted by molar-refractivity contribution is 5.20. The monoisotopic (exact) mass is 239 g/mol. The molecule has 17 heavy (non-hydrogen) atoms. The molecule has 4 heteroatoms. The Morgan fingerprint density at radius 1 is 1.47 bits per heavy atom. The maximum absolute atomic E-state index is 5.19. The summed E-state index contributed by atoms with van der Waals surface area (Å²) in [6.45, 7) is 10.2. The molecule has 0 saturated heterocycles. The quantitative estimate of drug-likeness (QED) is 0.826. The molecular formula is C13H25N3O. The Hall–Kier alpha value is -0.870. The van der Waals surface area contributed by atoms with E-state index in [1.54, 1.807) is 7.11 Å². The third-order valence-electron chi connectivity index (χ3n) is 2.75. The lowest BCUT2D eigenvalue weighted by molar-refractivity contribution is 0.127. The van der Waals surface area contributed by atoms with E-state index in [9.17, 15) is 0 Å². The van der Waals surface area contributed by atoms with Gasteiger partial charge in [0.1, 0.15) is 0 Å². The second-order valence-electron chi connectivity index (χ2n) is 5.54. The van der Waals surface area contributed by atoms with Gasteiger partial charge in [-0.1, -0.05) is 13.8 Å². The second kappa shape index (κ2) is 5.65. The van der Waals surface area contributed by atoms with E-state index in [-0.39, 0.29) is 5.54 Å². The van der Waals surface area contributed by atoms with Gasteiger partial charge in [0, 0.05) is 38.0 Å². The number of rotatable bonds is 6. The largest absolute Gasteiger partial charge is 0.383 e. The first-order valence-corrected chi connectivity index (χ1v) is 6.12. The molecule has 0 bridgehead atoms. The SMILES string of the molecule is COCC(C)(C)NCc1cn(C)nc1C(C)C. The summed E-state index contributed by atoms with van der Waals surface area (Å²) in [6.07, 6.45) is 2.09. The van der Waals surface area contributed by atoms with Crippen LogP contribution in [0, 0.1) is 0 Å². The molecular weight excluding hydrogens is 214 g/mol. The molecule has 4 nitrogen and oxygen atoms in total. The summed E-state index contributed by atoms with van der Waals surface area (Å²) < 4.78 is 7.08. The third kappa shape index (κ3) is 4.13. The Morgan fingerprint density at radius 2 is 2.12 bits per heavy atom. The van der Waals surface area contributed by atoms with E-state index in [1.807, 2.05) is 11.7 Å². The van der Waals surface area contributed by atoms with Crippen LogP contribution in [0.5, 0.6) is 0 Å². The summed E-state index contributed by atoms with van der Waals surface area (Å²) in [6, 6.07) is 0. The van der Waals surface area contributed by atoms with E-state index in [2.05, 4.69) is 44.3 Å². The van der Waals surface area contributed by atoms with Gasteiger partial charge in [-0.15, -0.1) is 0 Å². The summed E-state index contributed by atoms with van der Waals surface area (Å²) >= 11 is 0. The highest BCUT2D eigenvalue weighted by Crippen LogP contribution is 2.17. The van der Waals surface area contributed by atoms with Gasteiger partial charge in [0.25, 0.3) is 0 Å². The molecule has 1 heterocycles. The number of methoxy groups -OCH3 is 1. The first kappa shape index (κ1) is 14.2. The molecule has 1 N–H and O–H groups in total. The highest BCUT2D eigenvalue weighted by Gasteiger charge is 2.18. The van der Waals surface area contributed by atoms with Gasteiger partial charge in [-0.3, -0.25) is 4.68 Å². The summed E-state index contributed by atoms with van der Waals surface area (Å²) in [5.41, 5.74) is 2.43. The average molecular weight is 239 g/mol. The number of hydrogen-bond acceptors (Lipinski definition) is 3. The number of ether oxygens (including phenoxy) is 1. The van der Waals surface area contributed by atoms with Crippen LogP contribution in [0.15, 0.2) is 6.20 Å². The van der Waals surface area contributed by atoms with E-state index < -0.39 is 0 Å². The first-order chi connectivity index (χ1) is 7.85. The van der Waals surface area contributed by atoms with Crippen LogP contribution in [0.2, 0.25) is 0 Å². The fourth-order valence-electron chi connectivity index (χ4n) is 1.92. The molecule has 1 rings (SSSR count). The van der Waals surface area contributed by atoms with Gasteiger partial charge in [-0.25, -0.2) is 0 Å². The fraction of sp³-hybridized carbons (Fsp3) is 0.769. The van der Waals surface area contributed by atoms with E-state index in [1.165, 1.54) is 11.3 Å². The predicted octanol–water partition coefficient (Wildman–Crippen LogP) is 2.06. The van der Waals surface area contributed by atoms with Crippen molar-refractivity contribution in [2.75, 3.05) is 13.7 Å². The number of aromatic nitrogens is 2. The first-order valence-electron chi connectivity index (χ1n) is 6.12. The van der Waals surface area contributed by atoms with Crippen molar-refractivity contribution < 1.29 is 4.74 Å². The third-order valence-corrected chi connectivity index (χ3v) is 2.75. The maximum Gasteiger partial charge on any atom is 0.0694 e. The van der Waals surface area contributed by atoms with Gasteiger partial charge >= 0.3 is 0 Å². The number of nitrogens with zero attached hydrogens (tertiary/aromatic N) is 2. The number of nitrogens with one attached hydrogen (secondary N) is 1. The van der Waals surface area contributed by atoms with Gasteiger partial charge in [0.15, 0.2) is 0 Å². The van der Waals surface area contributed by atoms with Crippen molar-refractivity contribution in [1.29, 1.82) is 0 Å². The minimum absolute atomic E-state index is 0.0150. The molecule has 0 radical (unpaired) electrons. The van der Waals surface area contributed by atoms with E-state index >= 15 is 0 Å². The molecule has 0 aromatic carbocycles. The van der Waals surface area contributed by atoms with E-state index in [4.69, 9.17) is 4.74 Å². The summed E-state index contributed by atoms with van der Waals surface area (Å²) in [5, 5.41) is 8.01. The van der Waals surface area contributed by atoms with E-state index in [0.29, 0.717) is 12.5 Å². The number of hydrogen-bond donors (Lipinski definition) is 1. The summed E-state index contributed by atoms with van der Waals surface area (Å²) in [5.74, 6) is 0.457. The van der Waals surface area contributed by atoms with Crippen LogP contribution in [-0.4, -0.2) is 29.0 Å². The maximum atomic E-state index is 5.19. The molecule has 0 spiro atoms. The number of aryl methyl sites for hydroxylation is 1. The van der Waals surface area contributed by atoms with Crippen molar-refractivity contribution in [2.45, 2.75) is 45.7 Å². The van der Waals surface area contributed by atoms with Crippen LogP contribution in [-0.2, 0) is 18.3 Å². The van der Waals surface area contributed by atoms with Crippen LogP contribution < -0.4 is 5.32 Å². The highest BCUT2D eigenvalue weighted by atomic mass is 16.5. The molecule has 0 fully saturated rings. The molecule has 1 aromatic heterocycles. The predicted molar refractivity (Wildman–Crippen MR) is 70.1 cm³/mol. The molecule has 0 unspecified atom stereocenters. The molecule has 0 aliphatic carbocycles. The molecule has 0 atom stereocenters. The topological polar surface area (TPSA) is 39.1 Å². The lowest BCUT2D eigenvalue weighted by Crippen LogP contribution is -2.42. The molecule has 0 amide bonds. The van der Waals surface area contributed by atoms with Crippen molar-refractivity contribution in [3.63, 3.8) is 0 Å². The molecule has 0 aliphatic heterocycles. The van der Waals surface area contributed by atoms with Crippen LogP contribution in [0.1, 0.15) is 44.9 Å². The van der Waals surface area contributed by atoms with Crippen LogP contribution >= 0.6 is 0 Å². The van der Waals surface area contributed by atoms with E-state index in [0.717, 1.165) is 6.54 Å². The van der Waals surface area contributed by atoms with Gasteiger partial charge in [0.2, 0.25) is 0 Å². The zero-order valence-electron chi connectivity index (χ0n) is 11.9. The van der Waals surface area contributed by atoms with Crippen molar-refractivity contribution >= 4 is 0 Å². The summed E-state index contributed by atoms with van der Waals surface area (Å²) in [7, 11) is 3.70. The Balaban J connectivity index is 2.68. The van der Waals surface area contributed by atoms with Gasteiger partial charge < -0.3 is 10.1 Å².